The molecule has 582 valence electrons. The third kappa shape index (κ3) is 66.9. The normalized spacial score (nSPS) is 16.3. The summed E-state index contributed by atoms with van der Waals surface area (Å²) in [7, 11) is 0. The lowest BCUT2D eigenvalue weighted by atomic mass is 9.93. The van der Waals surface area contributed by atoms with Crippen LogP contribution >= 0.6 is 0 Å². The fraction of sp³-hybridized carbons (Fsp3) is 0.953. The number of aliphatic hydroxyl groups is 3. The second kappa shape index (κ2) is 74.4. The van der Waals surface area contributed by atoms with E-state index in [0.29, 0.717) is 38.7 Å². The van der Waals surface area contributed by atoms with Crippen LogP contribution in [0.5, 0.6) is 0 Å². The number of unbranched alkanes of at least 4 members (excludes halogenated alkanes) is 44. The average molecular weight is 1390 g/mol. The van der Waals surface area contributed by atoms with Crippen LogP contribution in [0.15, 0.2) is 0 Å². The quantitative estimate of drug-likeness (QED) is 0.0299. The van der Waals surface area contributed by atoms with Gasteiger partial charge in [0, 0.05) is 38.2 Å². The Morgan fingerprint density at radius 3 is 0.857 bits per heavy atom. The second-order valence-electron chi connectivity index (χ2n) is 31.0. The number of hydrogen-bond acceptors (Lipinski definition) is 12. The molecule has 0 saturated carbocycles. The summed E-state index contributed by atoms with van der Waals surface area (Å²) >= 11 is 0. The zero-order valence-corrected chi connectivity index (χ0v) is 66.0. The first-order chi connectivity index (χ1) is 47.8. The van der Waals surface area contributed by atoms with Gasteiger partial charge in [-0.15, -0.1) is 0 Å². The van der Waals surface area contributed by atoms with Crippen molar-refractivity contribution >= 4 is 23.9 Å². The largest absolute Gasteiger partial charge is 0.463 e. The van der Waals surface area contributed by atoms with Gasteiger partial charge in [0.15, 0.2) is 6.10 Å². The molecule has 7 unspecified atom stereocenters. The van der Waals surface area contributed by atoms with Gasteiger partial charge in [0.2, 0.25) is 0 Å². The number of rotatable bonds is 72. The molecule has 1 fully saturated rings. The van der Waals surface area contributed by atoms with Crippen molar-refractivity contribution in [3.63, 3.8) is 0 Å². The minimum atomic E-state index is -1.07. The summed E-state index contributed by atoms with van der Waals surface area (Å²) in [5.41, 5.74) is 0. The molecule has 3 N–H and O–H groups in total. The van der Waals surface area contributed by atoms with Crippen LogP contribution < -0.4 is 0 Å². The molecule has 1 rings (SSSR count). The first-order valence-corrected chi connectivity index (χ1v) is 43.1. The fourth-order valence-corrected chi connectivity index (χ4v) is 13.9. The van der Waals surface area contributed by atoms with Crippen LogP contribution in [0.3, 0.4) is 0 Å². The maximum Gasteiger partial charge on any atom is 0.306 e. The topological polar surface area (TPSA) is 175 Å². The molecule has 0 radical (unpaired) electrons. The van der Waals surface area contributed by atoms with E-state index in [1.165, 1.54) is 289 Å². The van der Waals surface area contributed by atoms with Crippen molar-refractivity contribution in [3.8, 4) is 0 Å². The molecule has 12 heteroatoms. The second-order valence-corrected chi connectivity index (χ2v) is 31.0. The van der Waals surface area contributed by atoms with Gasteiger partial charge in [-0.1, -0.05) is 389 Å². The third-order valence-corrected chi connectivity index (χ3v) is 20.9. The zero-order chi connectivity index (χ0) is 71.8. The lowest BCUT2D eigenvalue weighted by molar-refractivity contribution is -0.167. The lowest BCUT2D eigenvalue weighted by Gasteiger charge is -2.27. The number of hydrogen-bond donors (Lipinski definition) is 3. The Balaban J connectivity index is 0.00000244. The van der Waals surface area contributed by atoms with Crippen LogP contribution in [0.4, 0.5) is 0 Å². The minimum Gasteiger partial charge on any atom is -0.463 e. The molecule has 0 aromatic heterocycles. The molecule has 0 amide bonds. The van der Waals surface area contributed by atoms with E-state index < -0.39 is 30.3 Å². The molecule has 98 heavy (non-hydrogen) atoms. The molecule has 0 aromatic carbocycles. The molecular weight excluding hydrogens is 1220 g/mol. The molecule has 7 atom stereocenters. The first-order valence-electron chi connectivity index (χ1n) is 43.1. The highest BCUT2D eigenvalue weighted by molar-refractivity contribution is 5.71. The Morgan fingerprint density at radius 2 is 0.571 bits per heavy atom. The summed E-state index contributed by atoms with van der Waals surface area (Å²) in [5, 5.41) is 30.1. The molecular formula is C86H166O12. The van der Waals surface area contributed by atoms with Gasteiger partial charge in [-0.05, 0) is 49.9 Å². The average Bonchev–Trinajstić information content (AvgIpc) is 1.68. The molecule has 1 aliphatic heterocycles. The summed E-state index contributed by atoms with van der Waals surface area (Å²) in [5.74, 6) is 0.793. The van der Waals surface area contributed by atoms with E-state index in [2.05, 4.69) is 48.5 Å². The molecule has 0 aliphatic carbocycles. The van der Waals surface area contributed by atoms with Crippen molar-refractivity contribution in [3.05, 3.63) is 0 Å². The van der Waals surface area contributed by atoms with E-state index in [4.69, 9.17) is 23.7 Å². The maximum atomic E-state index is 12.9. The predicted octanol–water partition coefficient (Wildman–Crippen LogP) is 24.4. The standard InChI is InChI=1S/C60H116O6.C26H50O6/c1-7-10-13-34-43-54(4)46-37-28-22-16-19-25-31-40-49-58(61)64-52-57(66-60(63)51-42-33-27-21-18-24-30-39-48-56(6)45-36-15-12-9-3)53-65-59(62)50-41-32-26-20-17-23-29-38-47-55(5)44-35-14-11-8-2;1-2-3-4-5-6-7-8-9-10-11-12-13-14-15-16-17-25(29)32-21-24(28)22-20-31-19-18-23(27)26(22)30/h54-57H,7-53H2,1-6H3;22-24,26-28,30H,2-21H2,1H3. The monoisotopic (exact) mass is 1390 g/mol. The highest BCUT2D eigenvalue weighted by Gasteiger charge is 2.35. The van der Waals surface area contributed by atoms with E-state index in [9.17, 15) is 34.5 Å². The molecule has 12 nitrogen and oxygen atoms in total. The van der Waals surface area contributed by atoms with Crippen molar-refractivity contribution < 1.29 is 58.2 Å². The summed E-state index contributed by atoms with van der Waals surface area (Å²) in [6, 6.07) is 0. The van der Waals surface area contributed by atoms with Crippen LogP contribution in [-0.4, -0.2) is 96.6 Å². The van der Waals surface area contributed by atoms with Crippen molar-refractivity contribution in [2.45, 2.75) is 471 Å². The Kier molecular flexibility index (Phi) is 72.7. The number of ether oxygens (including phenoxy) is 5. The summed E-state index contributed by atoms with van der Waals surface area (Å²) < 4.78 is 27.4. The van der Waals surface area contributed by atoms with Gasteiger partial charge in [-0.25, -0.2) is 0 Å². The van der Waals surface area contributed by atoms with Gasteiger partial charge in [-0.3, -0.25) is 19.2 Å². The Bertz CT molecular complexity index is 1640. The number of carbonyl (C=O) groups is 4. The van der Waals surface area contributed by atoms with Crippen molar-refractivity contribution in [2.24, 2.45) is 23.7 Å². The maximum absolute atomic E-state index is 12.9. The first kappa shape index (κ1) is 95.7. The van der Waals surface area contributed by atoms with Crippen molar-refractivity contribution in [2.75, 3.05) is 33.0 Å². The van der Waals surface area contributed by atoms with Gasteiger partial charge in [0.1, 0.15) is 19.8 Å². The minimum absolute atomic E-state index is 0.0648. The van der Waals surface area contributed by atoms with Gasteiger partial charge < -0.3 is 39.0 Å². The predicted molar refractivity (Wildman–Crippen MR) is 412 cm³/mol. The van der Waals surface area contributed by atoms with Gasteiger partial charge in [0.25, 0.3) is 0 Å². The van der Waals surface area contributed by atoms with E-state index in [-0.39, 0.29) is 50.3 Å². The highest BCUT2D eigenvalue weighted by Crippen LogP contribution is 2.24. The number of aliphatic hydroxyl groups excluding tert-OH is 3. The SMILES string of the molecule is CCCCCCC(C)CCCCCCCCCCC(=O)OCC(COC(=O)CCCCCCCCCCC(C)CCCCCC)OC(=O)CCCCCCCCCCC(C)CCCCCC.CCCCCCCCCCCCCCCCCC(=O)OCC(O)C1COCCC(O)C1O. The molecule has 1 heterocycles. The van der Waals surface area contributed by atoms with Crippen LogP contribution in [-0.2, 0) is 42.9 Å². The lowest BCUT2D eigenvalue weighted by Crippen LogP contribution is -2.42. The van der Waals surface area contributed by atoms with Gasteiger partial charge in [-0.2, -0.15) is 0 Å². The van der Waals surface area contributed by atoms with Gasteiger partial charge >= 0.3 is 23.9 Å². The van der Waals surface area contributed by atoms with E-state index in [1.807, 2.05) is 0 Å². The van der Waals surface area contributed by atoms with Crippen LogP contribution in [0, 0.1) is 23.7 Å². The molecule has 0 bridgehead atoms. The molecule has 1 saturated heterocycles. The molecule has 0 aromatic rings. The van der Waals surface area contributed by atoms with Crippen LogP contribution in [0.1, 0.15) is 447 Å². The van der Waals surface area contributed by atoms with Crippen LogP contribution in [0.25, 0.3) is 0 Å². The molecule has 1 aliphatic rings. The highest BCUT2D eigenvalue weighted by atomic mass is 16.6. The summed E-state index contributed by atoms with van der Waals surface area (Å²) in [6.45, 7) is 16.6. The van der Waals surface area contributed by atoms with Gasteiger partial charge in [0.05, 0.1) is 24.9 Å². The summed E-state index contributed by atoms with van der Waals surface area (Å²) in [4.78, 5) is 50.2. The van der Waals surface area contributed by atoms with E-state index in [1.54, 1.807) is 0 Å². The third-order valence-electron chi connectivity index (χ3n) is 20.9. The van der Waals surface area contributed by atoms with Crippen molar-refractivity contribution in [1.29, 1.82) is 0 Å². The van der Waals surface area contributed by atoms with E-state index >= 15 is 0 Å². The summed E-state index contributed by atoms with van der Waals surface area (Å²) in [6.07, 6.45) is 70.3. The zero-order valence-electron chi connectivity index (χ0n) is 66.0. The Hall–Kier alpha value is -2.28. The Labute approximate surface area is 606 Å². The Morgan fingerprint density at radius 1 is 0.337 bits per heavy atom. The number of carbonyl (C=O) groups excluding carboxylic acids is 4. The van der Waals surface area contributed by atoms with Crippen molar-refractivity contribution in [1.82, 2.24) is 0 Å². The van der Waals surface area contributed by atoms with E-state index in [0.717, 1.165) is 94.8 Å². The fourth-order valence-electron chi connectivity index (χ4n) is 13.9. The number of esters is 4. The van der Waals surface area contributed by atoms with Crippen LogP contribution in [0.2, 0.25) is 0 Å². The smallest absolute Gasteiger partial charge is 0.306 e. The molecule has 0 spiro atoms.